The number of carbonyl (C=O) groups excluding carboxylic acids is 1. The van der Waals surface area contributed by atoms with E-state index in [0.29, 0.717) is 43.9 Å². The molecular weight excluding hydrogens is 526 g/mol. The van der Waals surface area contributed by atoms with Crippen molar-refractivity contribution in [3.63, 3.8) is 0 Å². The normalized spacial score (nSPS) is 17.3. The lowest BCUT2D eigenvalue weighted by Gasteiger charge is -2.26. The van der Waals surface area contributed by atoms with Crippen LogP contribution in [0.4, 0.5) is 0 Å². The molecule has 5 rings (SSSR count). The molecule has 208 valence electrons. The molecule has 2 aliphatic rings. The van der Waals surface area contributed by atoms with Crippen LogP contribution in [0.3, 0.4) is 0 Å². The van der Waals surface area contributed by atoms with Gasteiger partial charge < -0.3 is 23.9 Å². The molecule has 3 heterocycles. The number of amides is 1. The van der Waals surface area contributed by atoms with Gasteiger partial charge in [-0.25, -0.2) is 0 Å². The van der Waals surface area contributed by atoms with Crippen molar-refractivity contribution in [2.75, 3.05) is 53.0 Å². The maximum Gasteiger partial charge on any atom is 0.282 e. The van der Waals surface area contributed by atoms with Crippen LogP contribution < -0.4 is 14.9 Å². The molecule has 0 saturated carbocycles. The molecule has 2 fully saturated rings. The third-order valence-electron chi connectivity index (χ3n) is 7.12. The first-order chi connectivity index (χ1) is 18.8. The zero-order valence-electron chi connectivity index (χ0n) is 21.7. The van der Waals surface area contributed by atoms with Gasteiger partial charge in [0.25, 0.3) is 16.1 Å². The molecule has 2 aliphatic heterocycles. The summed E-state index contributed by atoms with van der Waals surface area (Å²) in [7, 11) is -1.96. The van der Waals surface area contributed by atoms with Crippen LogP contribution in [0.15, 0.2) is 51.9 Å². The minimum absolute atomic E-state index is 0.00816. The monoisotopic (exact) mass is 557 g/mol. The highest BCUT2D eigenvalue weighted by molar-refractivity contribution is 7.86. The lowest BCUT2D eigenvalue weighted by molar-refractivity contribution is -0.133. The zero-order valence-corrected chi connectivity index (χ0v) is 22.5. The average Bonchev–Trinajstić information content (AvgIpc) is 3.37. The largest absolute Gasteiger partial charge is 0.507 e. The molecule has 1 aromatic heterocycles. The fourth-order valence-corrected chi connectivity index (χ4v) is 6.67. The van der Waals surface area contributed by atoms with Gasteiger partial charge in [-0.3, -0.25) is 9.59 Å². The quantitative estimate of drug-likeness (QED) is 0.469. The molecule has 12 heteroatoms. The van der Waals surface area contributed by atoms with Crippen molar-refractivity contribution in [2.24, 2.45) is 0 Å². The Balaban J connectivity index is 1.25. The number of benzene rings is 2. The van der Waals surface area contributed by atoms with E-state index in [4.69, 9.17) is 13.9 Å². The molecule has 0 bridgehead atoms. The summed E-state index contributed by atoms with van der Waals surface area (Å²) < 4.78 is 45.2. The molecule has 1 amide bonds. The van der Waals surface area contributed by atoms with Crippen LogP contribution in [0, 0.1) is 0 Å². The van der Waals surface area contributed by atoms with Gasteiger partial charge in [0, 0.05) is 51.4 Å². The van der Waals surface area contributed by atoms with E-state index in [0.717, 1.165) is 12.8 Å². The molecule has 2 saturated heterocycles. The minimum Gasteiger partial charge on any atom is -0.507 e. The third kappa shape index (κ3) is 5.58. The van der Waals surface area contributed by atoms with E-state index in [1.807, 2.05) is 0 Å². The first kappa shape index (κ1) is 27.0. The van der Waals surface area contributed by atoms with E-state index in [1.165, 1.54) is 27.0 Å². The minimum atomic E-state index is -3.51. The summed E-state index contributed by atoms with van der Waals surface area (Å²) in [6.45, 7) is 2.04. The molecule has 0 aliphatic carbocycles. The number of phenols is 1. The molecular formula is C27H31N3O8S. The maximum absolute atomic E-state index is 13.1. The standard InChI is InChI=1S/C27H31N3O8S/c1-36-20-7-5-19(6-8-20)22-17-38-24-16-21(15-23(31)26(24)27(22)33)37-18-25(32)28-9-4-12-30(14-13-28)39(34,35)29-10-2-3-11-29/h5-8,15-17,31H,2-4,9-14,18H2,1H3. The van der Waals surface area contributed by atoms with Crippen molar-refractivity contribution in [3.8, 4) is 28.4 Å². The molecule has 0 radical (unpaired) electrons. The summed E-state index contributed by atoms with van der Waals surface area (Å²) >= 11 is 0. The summed E-state index contributed by atoms with van der Waals surface area (Å²) in [5.74, 6) is 0.192. The van der Waals surface area contributed by atoms with E-state index in [-0.39, 0.29) is 53.6 Å². The molecule has 3 aromatic rings. The zero-order chi connectivity index (χ0) is 27.6. The molecule has 0 unspecified atom stereocenters. The summed E-state index contributed by atoms with van der Waals surface area (Å²) in [6, 6.07) is 9.62. The van der Waals surface area contributed by atoms with Crippen molar-refractivity contribution in [2.45, 2.75) is 19.3 Å². The highest BCUT2D eigenvalue weighted by atomic mass is 32.2. The Labute approximate surface area is 226 Å². The van der Waals surface area contributed by atoms with Crippen LogP contribution in [0.2, 0.25) is 0 Å². The number of rotatable bonds is 7. The van der Waals surface area contributed by atoms with Gasteiger partial charge in [0.1, 0.15) is 34.5 Å². The van der Waals surface area contributed by atoms with Crippen LogP contribution >= 0.6 is 0 Å². The van der Waals surface area contributed by atoms with Crippen LogP contribution in [0.5, 0.6) is 17.2 Å². The second-order valence-corrected chi connectivity index (χ2v) is 11.5. The lowest BCUT2D eigenvalue weighted by atomic mass is 10.0. The number of carbonyl (C=O) groups is 1. The van der Waals surface area contributed by atoms with Crippen molar-refractivity contribution in [3.05, 3.63) is 52.9 Å². The number of nitrogens with zero attached hydrogens (tertiary/aromatic N) is 3. The predicted octanol–water partition coefficient (Wildman–Crippen LogP) is 2.43. The van der Waals surface area contributed by atoms with Gasteiger partial charge in [0.15, 0.2) is 6.61 Å². The van der Waals surface area contributed by atoms with Crippen LogP contribution in [0.1, 0.15) is 19.3 Å². The third-order valence-corrected chi connectivity index (χ3v) is 9.15. The summed E-state index contributed by atoms with van der Waals surface area (Å²) in [5, 5.41) is 10.6. The predicted molar refractivity (Wildman–Crippen MR) is 144 cm³/mol. The number of aromatic hydroxyl groups is 1. The molecule has 0 atom stereocenters. The van der Waals surface area contributed by atoms with Gasteiger partial charge in [-0.1, -0.05) is 12.1 Å². The highest BCUT2D eigenvalue weighted by Crippen LogP contribution is 2.31. The second-order valence-electron chi connectivity index (χ2n) is 9.56. The van der Waals surface area contributed by atoms with Gasteiger partial charge >= 0.3 is 0 Å². The van der Waals surface area contributed by atoms with Gasteiger partial charge in [-0.2, -0.15) is 17.0 Å². The number of phenolic OH excluding ortho intramolecular Hbond substituents is 1. The summed E-state index contributed by atoms with van der Waals surface area (Å²) in [5.41, 5.74) is 0.615. The molecule has 2 aromatic carbocycles. The Morgan fingerprint density at radius 3 is 2.36 bits per heavy atom. The summed E-state index contributed by atoms with van der Waals surface area (Å²) in [4.78, 5) is 27.5. The number of fused-ring (bicyclic) bond motifs is 1. The van der Waals surface area contributed by atoms with Crippen molar-refractivity contribution in [1.82, 2.24) is 13.5 Å². The van der Waals surface area contributed by atoms with Crippen LogP contribution in [-0.2, 0) is 15.0 Å². The molecule has 11 nitrogen and oxygen atoms in total. The second kappa shape index (κ2) is 11.2. The van der Waals surface area contributed by atoms with Crippen molar-refractivity contribution in [1.29, 1.82) is 0 Å². The molecule has 0 spiro atoms. The Kier molecular flexibility index (Phi) is 7.78. The fourth-order valence-electron chi connectivity index (χ4n) is 4.95. The SMILES string of the molecule is COc1ccc(-c2coc3cc(OCC(=O)N4CCCN(S(=O)(=O)N5CCCC5)CC4)cc(O)c3c2=O)cc1. The van der Waals surface area contributed by atoms with E-state index >= 15 is 0 Å². The topological polar surface area (TPSA) is 130 Å². The molecule has 1 N–H and O–H groups in total. The van der Waals surface area contributed by atoms with E-state index in [2.05, 4.69) is 0 Å². The Morgan fingerprint density at radius 1 is 0.949 bits per heavy atom. The van der Waals surface area contributed by atoms with Crippen molar-refractivity contribution < 1.29 is 32.2 Å². The number of methoxy groups -OCH3 is 1. The van der Waals surface area contributed by atoms with E-state index in [1.54, 1.807) is 36.3 Å². The van der Waals surface area contributed by atoms with E-state index < -0.39 is 15.6 Å². The number of hydrogen-bond donors (Lipinski definition) is 1. The Bertz CT molecular complexity index is 1510. The maximum atomic E-state index is 13.1. The van der Waals surface area contributed by atoms with Crippen LogP contribution in [-0.4, -0.2) is 85.9 Å². The number of ether oxygens (including phenoxy) is 2. The van der Waals surface area contributed by atoms with Gasteiger partial charge in [0.2, 0.25) is 5.43 Å². The average molecular weight is 558 g/mol. The van der Waals surface area contributed by atoms with Gasteiger partial charge in [-0.15, -0.1) is 0 Å². The first-order valence-electron chi connectivity index (χ1n) is 12.9. The van der Waals surface area contributed by atoms with E-state index in [9.17, 15) is 23.1 Å². The Hall–Kier alpha value is -3.61. The van der Waals surface area contributed by atoms with Gasteiger partial charge in [-0.05, 0) is 37.0 Å². The van der Waals surface area contributed by atoms with Crippen LogP contribution in [0.25, 0.3) is 22.1 Å². The van der Waals surface area contributed by atoms with Gasteiger partial charge in [0.05, 0.1) is 12.7 Å². The first-order valence-corrected chi connectivity index (χ1v) is 14.3. The summed E-state index contributed by atoms with van der Waals surface area (Å²) in [6.07, 6.45) is 3.58. The smallest absolute Gasteiger partial charge is 0.282 e. The Morgan fingerprint density at radius 2 is 1.64 bits per heavy atom. The van der Waals surface area contributed by atoms with Crippen molar-refractivity contribution >= 4 is 27.1 Å². The molecule has 39 heavy (non-hydrogen) atoms. The fraction of sp³-hybridized carbons (Fsp3) is 0.407. The lowest BCUT2D eigenvalue weighted by Crippen LogP contribution is -2.44. The highest BCUT2D eigenvalue weighted by Gasteiger charge is 2.33. The number of hydrogen-bond acceptors (Lipinski definition) is 8.